The summed E-state index contributed by atoms with van der Waals surface area (Å²) in [5.41, 5.74) is 2.73. The van der Waals surface area contributed by atoms with E-state index < -0.39 is 7.82 Å². The van der Waals surface area contributed by atoms with Crippen LogP contribution in [0.3, 0.4) is 0 Å². The molecule has 3 N–H and O–H groups in total. The molecule has 3 rings (SSSR count). The summed E-state index contributed by atoms with van der Waals surface area (Å²) in [6.45, 7) is 0. The number of benzene rings is 2. The topological polar surface area (TPSA) is 87.0 Å². The van der Waals surface area contributed by atoms with E-state index in [0.717, 1.165) is 46.5 Å². The van der Waals surface area contributed by atoms with Gasteiger partial charge in [-0.3, -0.25) is 0 Å². The molecule has 1 heterocycles. The van der Waals surface area contributed by atoms with E-state index in [2.05, 4.69) is 48.5 Å². The standard InChI is InChI=1S/C15H13O.Na.H3O4P/c1-2-6-12(7-3-1)15-11-10-13-8-4-5-9-14(13)16-15;;1-5(2,3)4/h1-7,9,15H,10-11H2;;(H3,1,2,3,4). The number of rotatable bonds is 1. The molecule has 0 fully saturated rings. The van der Waals surface area contributed by atoms with Crippen molar-refractivity contribution in [2.75, 3.05) is 0 Å². The first-order valence-electron chi connectivity index (χ1n) is 6.93. The SMILES string of the molecule is O=P(O)(O)O.[Na][c]1cccc2c1CCC(c1ccccc1)O2. The van der Waals surface area contributed by atoms with E-state index >= 15 is 0 Å². The van der Waals surface area contributed by atoms with E-state index in [0.29, 0.717) is 0 Å². The predicted octanol–water partition coefficient (Wildman–Crippen LogP) is 1.62. The second-order valence-corrected chi connectivity index (χ2v) is 7.22. The molecule has 112 valence electrons. The van der Waals surface area contributed by atoms with Crippen molar-refractivity contribution in [2.24, 2.45) is 0 Å². The minimum atomic E-state index is -4.64. The summed E-state index contributed by atoms with van der Waals surface area (Å²) in [6, 6.07) is 16.9. The van der Waals surface area contributed by atoms with Crippen molar-refractivity contribution in [2.45, 2.75) is 18.9 Å². The van der Waals surface area contributed by atoms with Crippen LogP contribution in [0.5, 0.6) is 5.75 Å². The Morgan fingerprint density at radius 1 is 1.05 bits per heavy atom. The van der Waals surface area contributed by atoms with Gasteiger partial charge in [0.1, 0.15) is 0 Å². The molecule has 22 heavy (non-hydrogen) atoms. The van der Waals surface area contributed by atoms with E-state index in [4.69, 9.17) is 24.0 Å². The van der Waals surface area contributed by atoms with Gasteiger partial charge in [-0.05, 0) is 0 Å². The molecular formula is C15H16NaO5P. The Hall–Kier alpha value is -0.650. The van der Waals surface area contributed by atoms with Crippen LogP contribution in [0.1, 0.15) is 23.7 Å². The van der Waals surface area contributed by atoms with Gasteiger partial charge >= 0.3 is 128 Å². The molecule has 0 saturated carbocycles. The number of fused-ring (bicyclic) bond motifs is 1. The van der Waals surface area contributed by atoms with Crippen LogP contribution in [0, 0.1) is 0 Å². The quantitative estimate of drug-likeness (QED) is 0.546. The van der Waals surface area contributed by atoms with Gasteiger partial charge in [-0.15, -0.1) is 0 Å². The van der Waals surface area contributed by atoms with Gasteiger partial charge < -0.3 is 14.7 Å². The van der Waals surface area contributed by atoms with Crippen LogP contribution >= 0.6 is 7.82 Å². The zero-order chi connectivity index (χ0) is 16.2. The third kappa shape index (κ3) is 5.52. The van der Waals surface area contributed by atoms with Crippen molar-refractivity contribution in [1.82, 2.24) is 0 Å². The van der Waals surface area contributed by atoms with E-state index in [1.807, 2.05) is 0 Å². The Kier molecular flexibility index (Phi) is 6.24. The van der Waals surface area contributed by atoms with Gasteiger partial charge in [-0.25, -0.2) is 4.57 Å². The van der Waals surface area contributed by atoms with E-state index in [1.165, 1.54) is 13.9 Å². The van der Waals surface area contributed by atoms with E-state index in [9.17, 15) is 0 Å². The fraction of sp³-hybridized carbons (Fsp3) is 0.200. The third-order valence-electron chi connectivity index (χ3n) is 3.46. The van der Waals surface area contributed by atoms with Crippen molar-refractivity contribution in [1.29, 1.82) is 0 Å². The Morgan fingerprint density at radius 3 is 2.32 bits per heavy atom. The molecule has 7 heteroatoms. The molecule has 0 amide bonds. The maximum absolute atomic E-state index is 8.88. The average Bonchev–Trinajstić information content (AvgIpc) is 2.46. The molecule has 1 aliphatic rings. The second-order valence-electron chi connectivity index (χ2n) is 5.12. The fourth-order valence-corrected chi connectivity index (χ4v) is 3.19. The summed E-state index contributed by atoms with van der Waals surface area (Å²) in [4.78, 5) is 21.6. The molecule has 0 aliphatic carbocycles. The van der Waals surface area contributed by atoms with Crippen LogP contribution < -0.4 is 7.55 Å². The molecular weight excluding hydrogens is 314 g/mol. The van der Waals surface area contributed by atoms with Crippen LogP contribution in [0.4, 0.5) is 0 Å². The molecule has 5 nitrogen and oxygen atoms in total. The molecule has 2 aromatic rings. The zero-order valence-electron chi connectivity index (χ0n) is 12.2. The maximum atomic E-state index is 8.88. The van der Waals surface area contributed by atoms with Crippen LogP contribution in [0.25, 0.3) is 0 Å². The Bertz CT molecular complexity index is 663. The van der Waals surface area contributed by atoms with Gasteiger partial charge in [-0.2, -0.15) is 0 Å². The van der Waals surface area contributed by atoms with Crippen molar-refractivity contribution < 1.29 is 24.0 Å². The van der Waals surface area contributed by atoms with Crippen LogP contribution in [-0.4, -0.2) is 42.6 Å². The van der Waals surface area contributed by atoms with Crippen molar-refractivity contribution in [3.63, 3.8) is 0 Å². The van der Waals surface area contributed by atoms with Crippen molar-refractivity contribution >= 4 is 38.6 Å². The van der Waals surface area contributed by atoms with Gasteiger partial charge in [0.05, 0.1) is 0 Å². The molecule has 2 aromatic carbocycles. The summed E-state index contributed by atoms with van der Waals surface area (Å²) in [5, 5.41) is 0. The van der Waals surface area contributed by atoms with Crippen LogP contribution in [-0.2, 0) is 11.0 Å². The number of phosphoric acid groups is 1. The van der Waals surface area contributed by atoms with Gasteiger partial charge in [0, 0.05) is 0 Å². The number of hydrogen-bond donors (Lipinski definition) is 3. The first-order valence-corrected chi connectivity index (χ1v) is 9.49. The van der Waals surface area contributed by atoms with Gasteiger partial charge in [0.15, 0.2) is 0 Å². The van der Waals surface area contributed by atoms with Crippen molar-refractivity contribution in [3.8, 4) is 5.75 Å². The Balaban J connectivity index is 0.000000309. The van der Waals surface area contributed by atoms with E-state index in [1.54, 1.807) is 0 Å². The number of hydrogen-bond acceptors (Lipinski definition) is 2. The molecule has 0 spiro atoms. The van der Waals surface area contributed by atoms with Gasteiger partial charge in [0.25, 0.3) is 0 Å². The molecule has 0 aromatic heterocycles. The molecule has 0 saturated heterocycles. The fourth-order valence-electron chi connectivity index (χ4n) is 2.50. The van der Waals surface area contributed by atoms with Gasteiger partial charge in [0.2, 0.25) is 0 Å². The Morgan fingerprint density at radius 2 is 1.68 bits per heavy atom. The first-order chi connectivity index (χ1) is 10.3. The molecule has 0 radical (unpaired) electrons. The third-order valence-corrected chi connectivity index (χ3v) is 4.40. The normalized spacial score (nSPS) is 16.9. The monoisotopic (exact) mass is 330 g/mol. The summed E-state index contributed by atoms with van der Waals surface area (Å²) in [6.07, 6.45) is 2.47. The first kappa shape index (κ1) is 17.7. The summed E-state index contributed by atoms with van der Waals surface area (Å²) >= 11 is 1.11. The van der Waals surface area contributed by atoms with Gasteiger partial charge in [-0.1, -0.05) is 0 Å². The zero-order valence-corrected chi connectivity index (χ0v) is 15.1. The van der Waals surface area contributed by atoms with E-state index in [-0.39, 0.29) is 6.10 Å². The molecule has 1 atom stereocenters. The van der Waals surface area contributed by atoms with Crippen LogP contribution in [0.15, 0.2) is 48.5 Å². The average molecular weight is 330 g/mol. The summed E-state index contributed by atoms with van der Waals surface area (Å²) in [7, 11) is -4.64. The summed E-state index contributed by atoms with van der Waals surface area (Å²) < 4.78 is 16.5. The summed E-state index contributed by atoms with van der Waals surface area (Å²) in [5.74, 6) is 1.10. The Labute approximate surface area is 146 Å². The molecule has 1 aliphatic heterocycles. The molecule has 0 bridgehead atoms. The minimum absolute atomic E-state index is 0.229. The van der Waals surface area contributed by atoms with Crippen molar-refractivity contribution in [3.05, 3.63) is 59.7 Å². The predicted molar refractivity (Wildman–Crippen MR) is 84.2 cm³/mol. The van der Waals surface area contributed by atoms with Crippen LogP contribution in [0.2, 0.25) is 0 Å². The molecule has 1 unspecified atom stereocenters. The number of ether oxygens (including phenoxy) is 1. The second kappa shape index (κ2) is 7.75.